The summed E-state index contributed by atoms with van der Waals surface area (Å²) in [5.74, 6) is 0. The van der Waals surface area contributed by atoms with Gasteiger partial charge < -0.3 is 24.3 Å². The number of aliphatic hydroxyl groups is 2. The summed E-state index contributed by atoms with van der Waals surface area (Å²) < 4.78 is 11.8. The van der Waals surface area contributed by atoms with Crippen molar-refractivity contribution in [1.82, 2.24) is 4.90 Å². The number of nitrogens with zero attached hydrogens (tertiary/aromatic N) is 1. The Morgan fingerprint density at radius 2 is 1.63 bits per heavy atom. The molecule has 160 valence electrons. The molecule has 27 heavy (non-hydrogen) atoms. The monoisotopic (exact) mass is 403 g/mol. The topological polar surface area (TPSA) is 79.2 Å². The summed E-state index contributed by atoms with van der Waals surface area (Å²) in [6.07, 6.45) is -0.442. The molecular weight excluding hydrogens is 362 g/mol. The molecule has 0 aromatic carbocycles. The van der Waals surface area contributed by atoms with E-state index in [-0.39, 0.29) is 23.8 Å². The van der Waals surface area contributed by atoms with Gasteiger partial charge in [-0.3, -0.25) is 0 Å². The quantitative estimate of drug-likeness (QED) is 0.683. The lowest BCUT2D eigenvalue weighted by Gasteiger charge is -2.47. The third-order valence-electron chi connectivity index (χ3n) is 6.08. The van der Waals surface area contributed by atoms with Gasteiger partial charge in [0.2, 0.25) is 0 Å². The average Bonchev–Trinajstić information content (AvgIpc) is 2.51. The van der Waals surface area contributed by atoms with Gasteiger partial charge in [0.1, 0.15) is 5.60 Å². The van der Waals surface area contributed by atoms with Gasteiger partial charge in [-0.1, -0.05) is 20.8 Å². The van der Waals surface area contributed by atoms with Crippen LogP contribution in [0.2, 0.25) is 18.1 Å². The minimum Gasteiger partial charge on any atom is -0.444 e. The zero-order chi connectivity index (χ0) is 21.3. The lowest BCUT2D eigenvalue weighted by Crippen LogP contribution is -2.56. The Kier molecular flexibility index (Phi) is 7.58. The van der Waals surface area contributed by atoms with E-state index < -0.39 is 25.4 Å². The second kappa shape index (κ2) is 8.39. The van der Waals surface area contributed by atoms with Crippen molar-refractivity contribution in [3.8, 4) is 0 Å². The Morgan fingerprint density at radius 3 is 2.00 bits per heavy atom. The number of likely N-dealkylation sites (tertiary alicyclic amines) is 1. The molecule has 0 radical (unpaired) electrons. The van der Waals surface area contributed by atoms with Crippen LogP contribution >= 0.6 is 0 Å². The number of piperidine rings is 1. The van der Waals surface area contributed by atoms with E-state index in [0.29, 0.717) is 25.9 Å². The van der Waals surface area contributed by atoms with Gasteiger partial charge in [0, 0.05) is 18.5 Å². The van der Waals surface area contributed by atoms with Gasteiger partial charge in [-0.15, -0.1) is 0 Å². The van der Waals surface area contributed by atoms with Crippen molar-refractivity contribution in [2.75, 3.05) is 19.7 Å². The lowest BCUT2D eigenvalue weighted by molar-refractivity contribution is -0.102. The average molecular weight is 404 g/mol. The fourth-order valence-electron chi connectivity index (χ4n) is 3.21. The fourth-order valence-corrected chi connectivity index (χ4v) is 4.62. The summed E-state index contributed by atoms with van der Waals surface area (Å²) in [5, 5.41) is 21.2. The Hall–Kier alpha value is -0.633. The molecule has 6 nitrogen and oxygen atoms in total. The maximum Gasteiger partial charge on any atom is 0.410 e. The summed E-state index contributed by atoms with van der Waals surface area (Å²) in [6.45, 7) is 19.0. The molecule has 7 heteroatoms. The molecule has 1 heterocycles. The van der Waals surface area contributed by atoms with Crippen LogP contribution in [0.3, 0.4) is 0 Å². The van der Waals surface area contributed by atoms with Gasteiger partial charge >= 0.3 is 6.09 Å². The van der Waals surface area contributed by atoms with Crippen LogP contribution in [0.25, 0.3) is 0 Å². The standard InChI is InChI=1S/C20H41NO5Si/c1-15(26-27(8,9)19(5,6)7)16(23)20(14-22)10-12-21(13-11-20)17(24)25-18(2,3)4/h15-16,22-23H,10-14H2,1-9H3/t15-,16?/m1/s1. The van der Waals surface area contributed by atoms with E-state index in [0.717, 1.165) is 0 Å². The molecule has 1 amide bonds. The number of carbonyl (C=O) groups excluding carboxylic acids is 1. The van der Waals surface area contributed by atoms with E-state index >= 15 is 0 Å². The van der Waals surface area contributed by atoms with E-state index in [9.17, 15) is 15.0 Å². The zero-order valence-electron chi connectivity index (χ0n) is 18.8. The van der Waals surface area contributed by atoms with Gasteiger partial charge in [0.05, 0.1) is 18.8 Å². The van der Waals surface area contributed by atoms with Crippen molar-refractivity contribution in [3.63, 3.8) is 0 Å². The van der Waals surface area contributed by atoms with Crippen LogP contribution in [0, 0.1) is 5.41 Å². The van der Waals surface area contributed by atoms with Gasteiger partial charge in [-0.2, -0.15) is 0 Å². The van der Waals surface area contributed by atoms with E-state index in [4.69, 9.17) is 9.16 Å². The molecule has 0 aromatic heterocycles. The minimum absolute atomic E-state index is 0.0490. The molecule has 1 rings (SSSR count). The Labute approximate surface area is 166 Å². The smallest absolute Gasteiger partial charge is 0.410 e. The predicted molar refractivity (Wildman–Crippen MR) is 110 cm³/mol. The minimum atomic E-state index is -2.02. The highest BCUT2D eigenvalue weighted by molar-refractivity contribution is 6.74. The van der Waals surface area contributed by atoms with Crippen molar-refractivity contribution in [2.45, 2.75) is 97.2 Å². The van der Waals surface area contributed by atoms with E-state index in [2.05, 4.69) is 33.9 Å². The van der Waals surface area contributed by atoms with Gasteiger partial charge in [-0.05, 0) is 58.7 Å². The van der Waals surface area contributed by atoms with Crippen LogP contribution in [0.4, 0.5) is 4.79 Å². The molecular formula is C20H41NO5Si. The van der Waals surface area contributed by atoms with E-state index in [1.807, 2.05) is 27.7 Å². The molecule has 0 spiro atoms. The van der Waals surface area contributed by atoms with Crippen LogP contribution in [0.1, 0.15) is 61.3 Å². The van der Waals surface area contributed by atoms with Crippen LogP contribution in [0.5, 0.6) is 0 Å². The largest absolute Gasteiger partial charge is 0.444 e. The van der Waals surface area contributed by atoms with Gasteiger partial charge in [0.25, 0.3) is 0 Å². The molecule has 0 aromatic rings. The summed E-state index contributed by atoms with van der Waals surface area (Å²) in [5.41, 5.74) is -1.19. The molecule has 2 N–H and O–H groups in total. The highest BCUT2D eigenvalue weighted by Gasteiger charge is 2.47. The van der Waals surface area contributed by atoms with E-state index in [1.165, 1.54) is 0 Å². The number of ether oxygens (including phenoxy) is 1. The van der Waals surface area contributed by atoms with Crippen LogP contribution in [-0.4, -0.2) is 67.0 Å². The summed E-state index contributed by atoms with van der Waals surface area (Å²) in [6, 6.07) is 0. The number of hydrogen-bond acceptors (Lipinski definition) is 5. The maximum atomic E-state index is 12.3. The fraction of sp³-hybridized carbons (Fsp3) is 0.950. The predicted octanol–water partition coefficient (Wildman–Crippen LogP) is 3.77. The Bertz CT molecular complexity index is 501. The van der Waals surface area contributed by atoms with Crippen molar-refractivity contribution < 1.29 is 24.2 Å². The van der Waals surface area contributed by atoms with Crippen LogP contribution in [-0.2, 0) is 9.16 Å². The summed E-state index contributed by atoms with van der Waals surface area (Å²) >= 11 is 0. The van der Waals surface area contributed by atoms with Crippen molar-refractivity contribution in [1.29, 1.82) is 0 Å². The number of aliphatic hydroxyl groups excluding tert-OH is 2. The number of amides is 1. The molecule has 0 aliphatic carbocycles. The Morgan fingerprint density at radius 1 is 1.15 bits per heavy atom. The maximum absolute atomic E-state index is 12.3. The number of hydrogen-bond donors (Lipinski definition) is 2. The zero-order valence-corrected chi connectivity index (χ0v) is 19.8. The van der Waals surface area contributed by atoms with Crippen molar-refractivity contribution in [2.24, 2.45) is 5.41 Å². The summed E-state index contributed by atoms with van der Waals surface area (Å²) in [4.78, 5) is 13.9. The molecule has 1 aliphatic heterocycles. The van der Waals surface area contributed by atoms with Crippen molar-refractivity contribution >= 4 is 14.4 Å². The molecule has 2 atom stereocenters. The number of rotatable bonds is 5. The Balaban J connectivity index is 2.79. The van der Waals surface area contributed by atoms with Crippen LogP contribution in [0.15, 0.2) is 0 Å². The molecule has 0 saturated carbocycles. The number of carbonyl (C=O) groups is 1. The first-order valence-electron chi connectivity index (χ1n) is 9.99. The third kappa shape index (κ3) is 6.17. The molecule has 1 unspecified atom stereocenters. The summed E-state index contributed by atoms with van der Waals surface area (Å²) in [7, 11) is -2.02. The molecule has 1 saturated heterocycles. The highest BCUT2D eigenvalue weighted by Crippen LogP contribution is 2.41. The molecule has 1 fully saturated rings. The lowest BCUT2D eigenvalue weighted by atomic mass is 9.73. The van der Waals surface area contributed by atoms with Crippen LogP contribution < -0.4 is 0 Å². The first-order chi connectivity index (χ1) is 12.0. The second-order valence-corrected chi connectivity index (χ2v) is 15.3. The molecule has 1 aliphatic rings. The first-order valence-corrected chi connectivity index (χ1v) is 12.9. The van der Waals surface area contributed by atoms with E-state index in [1.54, 1.807) is 4.90 Å². The van der Waals surface area contributed by atoms with Gasteiger partial charge in [0.15, 0.2) is 8.32 Å². The third-order valence-corrected chi connectivity index (χ3v) is 10.7. The molecule has 0 bridgehead atoms. The highest BCUT2D eigenvalue weighted by atomic mass is 28.4. The first kappa shape index (κ1) is 24.4. The van der Waals surface area contributed by atoms with Gasteiger partial charge in [-0.25, -0.2) is 4.79 Å². The van der Waals surface area contributed by atoms with Crippen molar-refractivity contribution in [3.05, 3.63) is 0 Å². The second-order valence-electron chi connectivity index (χ2n) is 10.5. The normalized spacial score (nSPS) is 20.9. The SMILES string of the molecule is C[C@@H](O[Si](C)(C)C(C)(C)C)C(O)C1(CO)CCN(C(=O)OC(C)(C)C)CC1.